The maximum absolute atomic E-state index is 9.13. The van der Waals surface area contributed by atoms with Crippen LogP contribution < -0.4 is 5.73 Å². The first-order valence-corrected chi connectivity index (χ1v) is 6.44. The van der Waals surface area contributed by atoms with Gasteiger partial charge < -0.3 is 20.3 Å². The highest BCUT2D eigenvalue weighted by atomic mass is 16.5. The molecule has 0 aromatic rings. The summed E-state index contributed by atoms with van der Waals surface area (Å²) in [5, 5.41) is 9.13. The number of rotatable bonds is 9. The van der Waals surface area contributed by atoms with Crippen LogP contribution in [0.5, 0.6) is 0 Å². The van der Waals surface area contributed by atoms with Crippen molar-refractivity contribution in [2.75, 3.05) is 26.4 Å². The van der Waals surface area contributed by atoms with Crippen LogP contribution in [-0.2, 0) is 9.47 Å². The summed E-state index contributed by atoms with van der Waals surface area (Å²) < 4.78 is 11.0. The molecule has 0 spiro atoms. The zero-order valence-corrected chi connectivity index (χ0v) is 11.8. The number of hydrogen-bond acceptors (Lipinski definition) is 4. The van der Waals surface area contributed by atoms with Crippen LogP contribution in [0.4, 0.5) is 0 Å². The Bertz CT molecular complexity index is 186. The molecule has 4 nitrogen and oxygen atoms in total. The zero-order valence-electron chi connectivity index (χ0n) is 11.8. The summed E-state index contributed by atoms with van der Waals surface area (Å²) in [6.45, 7) is 10.0. The monoisotopic (exact) mass is 247 g/mol. The molecule has 0 aromatic heterocycles. The second-order valence-corrected chi connectivity index (χ2v) is 5.55. The van der Waals surface area contributed by atoms with Crippen molar-refractivity contribution in [3.8, 4) is 0 Å². The lowest BCUT2D eigenvalue weighted by Gasteiger charge is -2.25. The molecule has 0 saturated heterocycles. The van der Waals surface area contributed by atoms with Gasteiger partial charge in [0.05, 0.1) is 25.4 Å². The predicted octanol–water partition coefficient (Wildman–Crippen LogP) is 1.70. The van der Waals surface area contributed by atoms with Crippen molar-refractivity contribution in [3.05, 3.63) is 0 Å². The second kappa shape index (κ2) is 8.03. The molecule has 104 valence electrons. The summed E-state index contributed by atoms with van der Waals surface area (Å²) in [4.78, 5) is 0. The quantitative estimate of drug-likeness (QED) is 0.609. The van der Waals surface area contributed by atoms with E-state index in [9.17, 15) is 0 Å². The molecule has 17 heavy (non-hydrogen) atoms. The number of hydrogen-bond donors (Lipinski definition) is 2. The summed E-state index contributed by atoms with van der Waals surface area (Å²) in [6, 6.07) is 0. The highest BCUT2D eigenvalue weighted by molar-refractivity contribution is 4.81. The summed E-state index contributed by atoms with van der Waals surface area (Å²) in [5.74, 6) is 0. The van der Waals surface area contributed by atoms with Crippen molar-refractivity contribution >= 4 is 0 Å². The van der Waals surface area contributed by atoms with Gasteiger partial charge >= 0.3 is 0 Å². The lowest BCUT2D eigenvalue weighted by Crippen LogP contribution is -2.43. The molecule has 0 aliphatic carbocycles. The van der Waals surface area contributed by atoms with E-state index < -0.39 is 5.54 Å². The molecule has 1 unspecified atom stereocenters. The van der Waals surface area contributed by atoms with Crippen molar-refractivity contribution in [2.24, 2.45) is 5.73 Å². The highest BCUT2D eigenvalue weighted by Gasteiger charge is 2.20. The van der Waals surface area contributed by atoms with Crippen molar-refractivity contribution < 1.29 is 14.6 Å². The minimum atomic E-state index is -0.439. The molecule has 0 rings (SSSR count). The summed E-state index contributed by atoms with van der Waals surface area (Å²) >= 11 is 0. The number of nitrogens with two attached hydrogens (primary N) is 1. The Kier molecular flexibility index (Phi) is 7.96. The normalized spacial score (nSPS) is 15.9. The SMILES string of the molecule is CCC(N)(CO)CCCOCCOC(C)(C)C. The lowest BCUT2D eigenvalue weighted by atomic mass is 9.93. The topological polar surface area (TPSA) is 64.7 Å². The molecule has 0 aromatic carbocycles. The van der Waals surface area contributed by atoms with Gasteiger partial charge in [0.1, 0.15) is 0 Å². The first-order chi connectivity index (χ1) is 7.83. The molecular formula is C13H29NO3. The molecular weight excluding hydrogens is 218 g/mol. The van der Waals surface area contributed by atoms with E-state index in [1.54, 1.807) is 0 Å². The van der Waals surface area contributed by atoms with Crippen molar-refractivity contribution in [1.29, 1.82) is 0 Å². The molecule has 0 heterocycles. The van der Waals surface area contributed by atoms with Crippen LogP contribution in [0, 0.1) is 0 Å². The van der Waals surface area contributed by atoms with Gasteiger partial charge in [-0.25, -0.2) is 0 Å². The second-order valence-electron chi connectivity index (χ2n) is 5.55. The fourth-order valence-electron chi connectivity index (χ4n) is 1.40. The van der Waals surface area contributed by atoms with Crippen LogP contribution >= 0.6 is 0 Å². The predicted molar refractivity (Wildman–Crippen MR) is 70.1 cm³/mol. The average molecular weight is 247 g/mol. The Hall–Kier alpha value is -0.160. The van der Waals surface area contributed by atoms with Crippen molar-refractivity contribution in [2.45, 2.75) is 58.1 Å². The van der Waals surface area contributed by atoms with Crippen LogP contribution in [0.15, 0.2) is 0 Å². The zero-order chi connectivity index (χ0) is 13.4. The van der Waals surface area contributed by atoms with Gasteiger partial charge in [-0.1, -0.05) is 6.92 Å². The van der Waals surface area contributed by atoms with Gasteiger partial charge in [0.25, 0.3) is 0 Å². The molecule has 0 saturated carbocycles. The molecule has 0 aliphatic heterocycles. The van der Waals surface area contributed by atoms with Crippen LogP contribution in [0.25, 0.3) is 0 Å². The van der Waals surface area contributed by atoms with Crippen molar-refractivity contribution in [1.82, 2.24) is 0 Å². The van der Waals surface area contributed by atoms with E-state index in [1.807, 2.05) is 27.7 Å². The molecule has 0 aliphatic rings. The van der Waals surface area contributed by atoms with Crippen molar-refractivity contribution in [3.63, 3.8) is 0 Å². The average Bonchev–Trinajstić information content (AvgIpc) is 2.26. The number of aliphatic hydroxyl groups excluding tert-OH is 1. The fourth-order valence-corrected chi connectivity index (χ4v) is 1.40. The van der Waals surface area contributed by atoms with Gasteiger partial charge in [-0.05, 0) is 40.0 Å². The third-order valence-corrected chi connectivity index (χ3v) is 2.75. The standard InChI is InChI=1S/C13H29NO3/c1-5-13(14,11-15)7-6-8-16-9-10-17-12(2,3)4/h15H,5-11,14H2,1-4H3. The Morgan fingerprint density at radius 2 is 1.76 bits per heavy atom. The Morgan fingerprint density at radius 1 is 1.12 bits per heavy atom. The van der Waals surface area contributed by atoms with E-state index in [1.165, 1.54) is 0 Å². The third kappa shape index (κ3) is 9.53. The third-order valence-electron chi connectivity index (χ3n) is 2.75. The molecule has 4 heteroatoms. The summed E-state index contributed by atoms with van der Waals surface area (Å²) in [6.07, 6.45) is 2.46. The van der Waals surface area contributed by atoms with E-state index >= 15 is 0 Å². The maximum Gasteiger partial charge on any atom is 0.0707 e. The van der Waals surface area contributed by atoms with E-state index in [-0.39, 0.29) is 12.2 Å². The van der Waals surface area contributed by atoms with E-state index in [2.05, 4.69) is 0 Å². The first kappa shape index (κ1) is 16.8. The van der Waals surface area contributed by atoms with Gasteiger partial charge in [0.2, 0.25) is 0 Å². The highest BCUT2D eigenvalue weighted by Crippen LogP contribution is 2.13. The van der Waals surface area contributed by atoms with E-state index in [0.29, 0.717) is 19.8 Å². The molecule has 0 amide bonds. The Labute approximate surface area is 105 Å². The minimum absolute atomic E-state index is 0.0383. The van der Waals surface area contributed by atoms with Gasteiger partial charge in [-0.2, -0.15) is 0 Å². The smallest absolute Gasteiger partial charge is 0.0707 e. The van der Waals surface area contributed by atoms with Gasteiger partial charge in [0, 0.05) is 12.1 Å². The van der Waals surface area contributed by atoms with Crippen LogP contribution in [0.1, 0.15) is 47.0 Å². The molecule has 0 radical (unpaired) electrons. The fraction of sp³-hybridized carbons (Fsp3) is 1.00. The molecule has 1 atom stereocenters. The lowest BCUT2D eigenvalue weighted by molar-refractivity contribution is -0.0356. The Balaban J connectivity index is 3.41. The van der Waals surface area contributed by atoms with Gasteiger partial charge in [0.15, 0.2) is 0 Å². The molecule has 3 N–H and O–H groups in total. The summed E-state index contributed by atoms with van der Waals surface area (Å²) in [7, 11) is 0. The van der Waals surface area contributed by atoms with Crippen LogP contribution in [-0.4, -0.2) is 42.7 Å². The van der Waals surface area contributed by atoms with Gasteiger partial charge in [-0.15, -0.1) is 0 Å². The van der Waals surface area contributed by atoms with Gasteiger partial charge in [-0.3, -0.25) is 0 Å². The number of ether oxygens (including phenoxy) is 2. The largest absolute Gasteiger partial charge is 0.394 e. The maximum atomic E-state index is 9.13. The van der Waals surface area contributed by atoms with Crippen LogP contribution in [0.3, 0.4) is 0 Å². The Morgan fingerprint density at radius 3 is 2.24 bits per heavy atom. The summed E-state index contributed by atoms with van der Waals surface area (Å²) in [5.41, 5.74) is 5.42. The molecule has 0 fully saturated rings. The molecule has 0 bridgehead atoms. The first-order valence-electron chi connectivity index (χ1n) is 6.44. The van der Waals surface area contributed by atoms with E-state index in [0.717, 1.165) is 19.3 Å². The van der Waals surface area contributed by atoms with E-state index in [4.69, 9.17) is 20.3 Å². The number of aliphatic hydroxyl groups is 1. The van der Waals surface area contributed by atoms with Crippen LogP contribution in [0.2, 0.25) is 0 Å². The minimum Gasteiger partial charge on any atom is -0.394 e.